The minimum Gasteiger partial charge on any atom is -0.345 e. The summed E-state index contributed by atoms with van der Waals surface area (Å²) >= 11 is 6.25. The van der Waals surface area contributed by atoms with Gasteiger partial charge in [-0.25, -0.2) is 0 Å². The molecule has 1 N–H and O–H groups in total. The van der Waals surface area contributed by atoms with Gasteiger partial charge in [0.2, 0.25) is 0 Å². The Hall–Kier alpha value is -1.03. The smallest absolute Gasteiger partial charge is 0.273 e. The molecule has 0 aromatic carbocycles. The van der Waals surface area contributed by atoms with Gasteiger partial charge >= 0.3 is 0 Å². The van der Waals surface area contributed by atoms with Crippen LogP contribution < -0.4 is 5.32 Å². The van der Waals surface area contributed by atoms with Crippen LogP contribution in [0, 0.1) is 24.7 Å². The zero-order valence-corrected chi connectivity index (χ0v) is 13.4. The second kappa shape index (κ2) is 4.48. The average Bonchev–Trinajstić information content (AvgIpc) is 2.64. The standard InChI is InChI=1S/C16H22ClN3O/c1-9-13(17)14(19-20(9)2)15(21)18-16-6-10-3-11(7-16)5-12(4-10)8-16/h10-12H,3-8H2,1-2H3,(H,18,21). The summed E-state index contributed by atoms with van der Waals surface area (Å²) in [4.78, 5) is 12.6. The summed E-state index contributed by atoms with van der Waals surface area (Å²) in [5.74, 6) is 2.36. The van der Waals surface area contributed by atoms with E-state index in [2.05, 4.69) is 10.4 Å². The van der Waals surface area contributed by atoms with E-state index in [4.69, 9.17) is 11.6 Å². The Morgan fingerprint density at radius 2 is 1.76 bits per heavy atom. The molecule has 0 aliphatic heterocycles. The molecule has 4 aliphatic rings. The first-order chi connectivity index (χ1) is 9.96. The lowest BCUT2D eigenvalue weighted by molar-refractivity contribution is -0.0167. The monoisotopic (exact) mass is 307 g/mol. The van der Waals surface area contributed by atoms with Gasteiger partial charge in [-0.1, -0.05) is 11.6 Å². The number of halogens is 1. The van der Waals surface area contributed by atoms with Gasteiger partial charge in [0.25, 0.3) is 5.91 Å². The lowest BCUT2D eigenvalue weighted by Crippen LogP contribution is -2.59. The Labute approximate surface area is 130 Å². The van der Waals surface area contributed by atoms with Crippen molar-refractivity contribution in [2.24, 2.45) is 24.8 Å². The largest absolute Gasteiger partial charge is 0.345 e. The van der Waals surface area contributed by atoms with Gasteiger partial charge in [-0.05, 0) is 63.2 Å². The maximum absolute atomic E-state index is 12.6. The number of hydrogen-bond acceptors (Lipinski definition) is 2. The fraction of sp³-hybridized carbons (Fsp3) is 0.750. The van der Waals surface area contributed by atoms with E-state index in [-0.39, 0.29) is 11.4 Å². The molecule has 114 valence electrons. The van der Waals surface area contributed by atoms with Gasteiger partial charge in [0.05, 0.1) is 10.7 Å². The number of nitrogens with zero attached hydrogens (tertiary/aromatic N) is 2. The van der Waals surface area contributed by atoms with Crippen LogP contribution in [0.2, 0.25) is 5.02 Å². The molecular weight excluding hydrogens is 286 g/mol. The number of aryl methyl sites for hydroxylation is 1. The molecule has 5 heteroatoms. The van der Waals surface area contributed by atoms with Crippen molar-refractivity contribution in [1.82, 2.24) is 15.1 Å². The van der Waals surface area contributed by atoms with Crippen molar-refractivity contribution in [1.29, 1.82) is 0 Å². The number of carbonyl (C=O) groups excluding carboxylic acids is 1. The quantitative estimate of drug-likeness (QED) is 0.912. The van der Waals surface area contributed by atoms with Crippen LogP contribution in [-0.4, -0.2) is 21.2 Å². The third kappa shape index (κ3) is 2.10. The predicted molar refractivity (Wildman–Crippen MR) is 81.3 cm³/mol. The molecule has 1 aromatic heterocycles. The molecule has 4 aliphatic carbocycles. The molecular formula is C16H22ClN3O. The van der Waals surface area contributed by atoms with Crippen LogP contribution in [0.15, 0.2) is 0 Å². The van der Waals surface area contributed by atoms with E-state index in [1.54, 1.807) is 4.68 Å². The lowest BCUT2D eigenvalue weighted by atomic mass is 9.53. The number of nitrogens with one attached hydrogen (secondary N) is 1. The molecule has 0 spiro atoms. The first kappa shape index (κ1) is 13.6. The van der Waals surface area contributed by atoms with E-state index in [9.17, 15) is 4.79 Å². The normalized spacial score (nSPS) is 37.0. The highest BCUT2D eigenvalue weighted by atomic mass is 35.5. The second-order valence-electron chi connectivity index (χ2n) is 7.52. The molecule has 0 unspecified atom stereocenters. The molecule has 4 bridgehead atoms. The van der Waals surface area contributed by atoms with E-state index in [1.165, 1.54) is 19.3 Å². The molecule has 1 amide bonds. The van der Waals surface area contributed by atoms with Crippen LogP contribution in [-0.2, 0) is 7.05 Å². The van der Waals surface area contributed by atoms with Crippen LogP contribution in [0.3, 0.4) is 0 Å². The SMILES string of the molecule is Cc1c(Cl)c(C(=O)NC23CC4CC(CC(C4)C2)C3)nn1C. The van der Waals surface area contributed by atoms with Crippen molar-refractivity contribution in [3.8, 4) is 0 Å². The van der Waals surface area contributed by atoms with Crippen molar-refractivity contribution >= 4 is 17.5 Å². The first-order valence-electron chi connectivity index (χ1n) is 7.97. The van der Waals surface area contributed by atoms with Crippen LogP contribution in [0.25, 0.3) is 0 Å². The summed E-state index contributed by atoms with van der Waals surface area (Å²) in [5, 5.41) is 8.09. The van der Waals surface area contributed by atoms with E-state index in [1.807, 2.05) is 14.0 Å². The summed E-state index contributed by atoms with van der Waals surface area (Å²) in [7, 11) is 1.82. The summed E-state index contributed by atoms with van der Waals surface area (Å²) in [6.45, 7) is 1.89. The maximum atomic E-state index is 12.6. The van der Waals surface area contributed by atoms with E-state index in [0.29, 0.717) is 10.7 Å². The molecule has 1 aromatic rings. The number of hydrogen-bond donors (Lipinski definition) is 1. The van der Waals surface area contributed by atoms with E-state index < -0.39 is 0 Å². The van der Waals surface area contributed by atoms with Gasteiger partial charge in [0, 0.05) is 12.6 Å². The van der Waals surface area contributed by atoms with Crippen LogP contribution >= 0.6 is 11.6 Å². The summed E-state index contributed by atoms with van der Waals surface area (Å²) in [5.41, 5.74) is 1.24. The molecule has 0 atom stereocenters. The average molecular weight is 308 g/mol. The molecule has 4 saturated carbocycles. The highest BCUT2D eigenvalue weighted by Gasteiger charge is 2.51. The van der Waals surface area contributed by atoms with Crippen LogP contribution in [0.4, 0.5) is 0 Å². The zero-order valence-electron chi connectivity index (χ0n) is 12.7. The molecule has 21 heavy (non-hydrogen) atoms. The third-order valence-corrected chi connectivity index (χ3v) is 6.35. The van der Waals surface area contributed by atoms with Crippen molar-refractivity contribution in [2.75, 3.05) is 0 Å². The van der Waals surface area contributed by atoms with Gasteiger partial charge in [-0.3, -0.25) is 9.48 Å². The summed E-state index contributed by atoms with van der Waals surface area (Å²) in [6.07, 6.45) is 7.56. The number of carbonyl (C=O) groups is 1. The maximum Gasteiger partial charge on any atom is 0.273 e. The van der Waals surface area contributed by atoms with Crippen LogP contribution in [0.1, 0.15) is 54.7 Å². The zero-order chi connectivity index (χ0) is 14.8. The fourth-order valence-electron chi connectivity index (χ4n) is 5.29. The van der Waals surface area contributed by atoms with Gasteiger partial charge in [0.1, 0.15) is 0 Å². The Kier molecular flexibility index (Phi) is 2.91. The van der Waals surface area contributed by atoms with Crippen molar-refractivity contribution in [2.45, 2.75) is 51.0 Å². The second-order valence-corrected chi connectivity index (χ2v) is 7.90. The van der Waals surface area contributed by atoms with Crippen molar-refractivity contribution in [3.05, 3.63) is 16.4 Å². The first-order valence-corrected chi connectivity index (χ1v) is 8.35. The fourth-order valence-corrected chi connectivity index (χ4v) is 5.54. The number of amides is 1. The Morgan fingerprint density at radius 1 is 1.24 bits per heavy atom. The summed E-state index contributed by atoms with van der Waals surface area (Å²) in [6, 6.07) is 0. The van der Waals surface area contributed by atoms with E-state index in [0.717, 1.165) is 42.7 Å². The van der Waals surface area contributed by atoms with Gasteiger partial charge in [-0.2, -0.15) is 5.10 Å². The minimum absolute atomic E-state index is 0.0145. The third-order valence-electron chi connectivity index (χ3n) is 5.89. The van der Waals surface area contributed by atoms with Crippen molar-refractivity contribution < 1.29 is 4.79 Å². The van der Waals surface area contributed by atoms with E-state index >= 15 is 0 Å². The Balaban J connectivity index is 1.58. The lowest BCUT2D eigenvalue weighted by Gasteiger charge is -2.56. The molecule has 4 nitrogen and oxygen atoms in total. The van der Waals surface area contributed by atoms with Gasteiger partial charge in [0.15, 0.2) is 5.69 Å². The number of rotatable bonds is 2. The highest BCUT2D eigenvalue weighted by Crippen LogP contribution is 2.55. The minimum atomic E-state index is -0.0920. The molecule has 5 rings (SSSR count). The van der Waals surface area contributed by atoms with Crippen molar-refractivity contribution in [3.63, 3.8) is 0 Å². The predicted octanol–water partition coefficient (Wildman–Crippen LogP) is 3.08. The van der Waals surface area contributed by atoms with Gasteiger partial charge < -0.3 is 5.32 Å². The molecule has 0 radical (unpaired) electrons. The Morgan fingerprint density at radius 3 is 2.19 bits per heavy atom. The topological polar surface area (TPSA) is 46.9 Å². The highest BCUT2D eigenvalue weighted by molar-refractivity contribution is 6.34. The summed E-state index contributed by atoms with van der Waals surface area (Å²) < 4.78 is 1.68. The molecule has 4 fully saturated rings. The Bertz CT molecular complexity index is 572. The number of aromatic nitrogens is 2. The molecule has 0 saturated heterocycles. The molecule has 1 heterocycles. The van der Waals surface area contributed by atoms with Crippen LogP contribution in [0.5, 0.6) is 0 Å². The van der Waals surface area contributed by atoms with Gasteiger partial charge in [-0.15, -0.1) is 0 Å².